The first-order chi connectivity index (χ1) is 9.49. The van der Waals surface area contributed by atoms with E-state index in [2.05, 4.69) is 0 Å². The number of amides is 1. The Balaban J connectivity index is 2.71. The van der Waals surface area contributed by atoms with Gasteiger partial charge in [0.15, 0.2) is 0 Å². The normalized spacial score (nSPS) is 10.2. The summed E-state index contributed by atoms with van der Waals surface area (Å²) in [6.07, 6.45) is 0.234. The average Bonchev–Trinajstić information content (AvgIpc) is 2.42. The monoisotopic (exact) mass is 277 g/mol. The summed E-state index contributed by atoms with van der Waals surface area (Å²) in [4.78, 5) is 25.4. The number of hydrogen-bond acceptors (Lipinski definition) is 3. The highest BCUT2D eigenvalue weighted by atomic mass is 16.5. The van der Waals surface area contributed by atoms with Gasteiger partial charge >= 0.3 is 5.97 Å². The smallest absolute Gasteiger partial charge is 0.307 e. The number of rotatable bonds is 6. The molecular formula is C16H23NO3. The Morgan fingerprint density at radius 3 is 2.40 bits per heavy atom. The summed E-state index contributed by atoms with van der Waals surface area (Å²) in [5.41, 5.74) is 2.92. The molecule has 1 aromatic carbocycles. The van der Waals surface area contributed by atoms with E-state index in [1.807, 2.05) is 39.0 Å². The van der Waals surface area contributed by atoms with E-state index >= 15 is 0 Å². The van der Waals surface area contributed by atoms with E-state index in [1.165, 1.54) is 0 Å². The minimum atomic E-state index is -0.265. The third-order valence-electron chi connectivity index (χ3n) is 3.31. The van der Waals surface area contributed by atoms with Gasteiger partial charge in [0.05, 0.1) is 13.0 Å². The third-order valence-corrected chi connectivity index (χ3v) is 3.31. The molecule has 0 unspecified atom stereocenters. The maximum Gasteiger partial charge on any atom is 0.307 e. The predicted octanol–water partition coefficient (Wildman–Crippen LogP) is 2.72. The Kier molecular flexibility index (Phi) is 6.22. The first-order valence-corrected chi connectivity index (χ1v) is 7.01. The lowest BCUT2D eigenvalue weighted by atomic mass is 10.1. The lowest BCUT2D eigenvalue weighted by molar-refractivity contribution is -0.143. The number of hydrogen-bond donors (Lipinski definition) is 0. The topological polar surface area (TPSA) is 46.6 Å². The molecule has 0 heterocycles. The number of esters is 1. The van der Waals surface area contributed by atoms with E-state index in [1.54, 1.807) is 11.8 Å². The quantitative estimate of drug-likeness (QED) is 0.751. The van der Waals surface area contributed by atoms with Crippen LogP contribution in [0.25, 0.3) is 0 Å². The first-order valence-electron chi connectivity index (χ1n) is 7.01. The van der Waals surface area contributed by atoms with Gasteiger partial charge in [-0.2, -0.15) is 0 Å². The van der Waals surface area contributed by atoms with Gasteiger partial charge in [-0.1, -0.05) is 6.07 Å². The van der Waals surface area contributed by atoms with E-state index in [0.29, 0.717) is 25.3 Å². The molecule has 110 valence electrons. The van der Waals surface area contributed by atoms with Gasteiger partial charge in [0.2, 0.25) is 0 Å². The molecule has 0 aromatic heterocycles. The summed E-state index contributed by atoms with van der Waals surface area (Å²) in [6.45, 7) is 9.02. The second-order valence-electron chi connectivity index (χ2n) is 4.74. The van der Waals surface area contributed by atoms with E-state index in [-0.39, 0.29) is 18.3 Å². The maximum absolute atomic E-state index is 12.4. The van der Waals surface area contributed by atoms with Gasteiger partial charge in [-0.3, -0.25) is 9.59 Å². The van der Waals surface area contributed by atoms with Gasteiger partial charge in [0, 0.05) is 18.7 Å². The van der Waals surface area contributed by atoms with Crippen molar-refractivity contribution in [1.29, 1.82) is 0 Å². The van der Waals surface area contributed by atoms with Crippen LogP contribution in [0.15, 0.2) is 18.2 Å². The van der Waals surface area contributed by atoms with Crippen molar-refractivity contribution in [2.75, 3.05) is 19.7 Å². The van der Waals surface area contributed by atoms with Gasteiger partial charge in [0.25, 0.3) is 5.91 Å². The fourth-order valence-electron chi connectivity index (χ4n) is 1.92. The molecule has 0 aliphatic heterocycles. The molecule has 4 heteroatoms. The highest BCUT2D eigenvalue weighted by Crippen LogP contribution is 2.12. The van der Waals surface area contributed by atoms with E-state index < -0.39 is 0 Å². The molecule has 1 amide bonds. The maximum atomic E-state index is 12.4. The predicted molar refractivity (Wildman–Crippen MR) is 78.7 cm³/mol. The molecule has 20 heavy (non-hydrogen) atoms. The van der Waals surface area contributed by atoms with Crippen molar-refractivity contribution in [2.45, 2.75) is 34.1 Å². The molecule has 0 bridgehead atoms. The molecule has 0 fully saturated rings. The van der Waals surface area contributed by atoms with Gasteiger partial charge in [-0.15, -0.1) is 0 Å². The van der Waals surface area contributed by atoms with Crippen molar-refractivity contribution >= 4 is 11.9 Å². The summed E-state index contributed by atoms with van der Waals surface area (Å²) < 4.78 is 4.88. The van der Waals surface area contributed by atoms with Crippen molar-refractivity contribution in [3.05, 3.63) is 34.9 Å². The molecule has 1 rings (SSSR count). The number of aryl methyl sites for hydroxylation is 2. The van der Waals surface area contributed by atoms with Crippen LogP contribution in [0.1, 0.15) is 41.8 Å². The zero-order valence-electron chi connectivity index (χ0n) is 12.7. The summed E-state index contributed by atoms with van der Waals surface area (Å²) in [6, 6.07) is 5.67. The molecule has 0 radical (unpaired) electrons. The number of benzene rings is 1. The standard InChI is InChI=1S/C16H23NO3/c1-5-17(10-9-15(18)20-6-2)16(19)14-8-7-12(3)13(4)11-14/h7-8,11H,5-6,9-10H2,1-4H3. The van der Waals surface area contributed by atoms with Gasteiger partial charge < -0.3 is 9.64 Å². The SMILES string of the molecule is CCOC(=O)CCN(CC)C(=O)c1ccc(C)c(C)c1. The molecule has 0 aliphatic carbocycles. The first kappa shape index (κ1) is 16.2. The number of carbonyl (C=O) groups is 2. The molecular weight excluding hydrogens is 254 g/mol. The molecule has 0 spiro atoms. The number of ether oxygens (including phenoxy) is 1. The lowest BCUT2D eigenvalue weighted by Gasteiger charge is -2.21. The molecule has 0 atom stereocenters. The Labute approximate surface area is 120 Å². The third kappa shape index (κ3) is 4.37. The second-order valence-corrected chi connectivity index (χ2v) is 4.74. The Hall–Kier alpha value is -1.84. The fraction of sp³-hybridized carbons (Fsp3) is 0.500. The molecule has 0 aliphatic rings. The second kappa shape index (κ2) is 7.68. The van der Waals surface area contributed by atoms with E-state index in [0.717, 1.165) is 11.1 Å². The minimum Gasteiger partial charge on any atom is -0.466 e. The Morgan fingerprint density at radius 1 is 1.15 bits per heavy atom. The summed E-state index contributed by atoms with van der Waals surface area (Å²) >= 11 is 0. The van der Waals surface area contributed by atoms with Gasteiger partial charge in [-0.25, -0.2) is 0 Å². The zero-order chi connectivity index (χ0) is 15.1. The van der Waals surface area contributed by atoms with Crippen molar-refractivity contribution in [1.82, 2.24) is 4.90 Å². The Bertz CT molecular complexity index is 483. The van der Waals surface area contributed by atoms with Crippen LogP contribution in [0.4, 0.5) is 0 Å². The molecule has 0 N–H and O–H groups in total. The van der Waals surface area contributed by atoms with Crippen LogP contribution in [-0.4, -0.2) is 36.5 Å². The van der Waals surface area contributed by atoms with Crippen LogP contribution in [0, 0.1) is 13.8 Å². The zero-order valence-corrected chi connectivity index (χ0v) is 12.7. The lowest BCUT2D eigenvalue weighted by Crippen LogP contribution is -2.33. The summed E-state index contributed by atoms with van der Waals surface area (Å²) in [5.74, 6) is -0.307. The number of nitrogens with zero attached hydrogens (tertiary/aromatic N) is 1. The highest BCUT2D eigenvalue weighted by Gasteiger charge is 2.16. The van der Waals surface area contributed by atoms with Crippen LogP contribution >= 0.6 is 0 Å². The van der Waals surface area contributed by atoms with E-state index in [9.17, 15) is 9.59 Å². The van der Waals surface area contributed by atoms with Crippen LogP contribution in [0.3, 0.4) is 0 Å². The van der Waals surface area contributed by atoms with Crippen LogP contribution < -0.4 is 0 Å². The van der Waals surface area contributed by atoms with Crippen molar-refractivity contribution in [3.63, 3.8) is 0 Å². The van der Waals surface area contributed by atoms with Crippen molar-refractivity contribution < 1.29 is 14.3 Å². The molecule has 0 saturated carbocycles. The van der Waals surface area contributed by atoms with Gasteiger partial charge in [0.1, 0.15) is 0 Å². The van der Waals surface area contributed by atoms with E-state index in [4.69, 9.17) is 4.74 Å². The van der Waals surface area contributed by atoms with Crippen molar-refractivity contribution in [3.8, 4) is 0 Å². The van der Waals surface area contributed by atoms with Crippen molar-refractivity contribution in [2.24, 2.45) is 0 Å². The van der Waals surface area contributed by atoms with Crippen LogP contribution in [-0.2, 0) is 9.53 Å². The highest BCUT2D eigenvalue weighted by molar-refractivity contribution is 5.94. The summed E-state index contributed by atoms with van der Waals surface area (Å²) in [5, 5.41) is 0. The fourth-order valence-corrected chi connectivity index (χ4v) is 1.92. The minimum absolute atomic E-state index is 0.0418. The van der Waals surface area contributed by atoms with Crippen LogP contribution in [0.2, 0.25) is 0 Å². The average molecular weight is 277 g/mol. The summed E-state index contributed by atoms with van der Waals surface area (Å²) in [7, 11) is 0. The number of carbonyl (C=O) groups excluding carboxylic acids is 2. The molecule has 4 nitrogen and oxygen atoms in total. The Morgan fingerprint density at radius 2 is 1.85 bits per heavy atom. The largest absolute Gasteiger partial charge is 0.466 e. The van der Waals surface area contributed by atoms with Gasteiger partial charge in [-0.05, 0) is 51.0 Å². The molecule has 0 saturated heterocycles. The molecule has 1 aromatic rings. The van der Waals surface area contributed by atoms with Crippen LogP contribution in [0.5, 0.6) is 0 Å².